The fourth-order valence-corrected chi connectivity index (χ4v) is 0.913. The molecule has 0 bridgehead atoms. The molecule has 2 nitrogen and oxygen atoms in total. The first-order valence-electron chi connectivity index (χ1n) is 2.86. The van der Waals surface area contributed by atoms with Gasteiger partial charge in [0, 0.05) is 0 Å². The number of benzene rings is 1. The van der Waals surface area contributed by atoms with Gasteiger partial charge < -0.3 is 5.73 Å². The molecule has 1 aromatic carbocycles. The van der Waals surface area contributed by atoms with Crippen molar-refractivity contribution in [3.05, 3.63) is 34.6 Å². The summed E-state index contributed by atoms with van der Waals surface area (Å²) in [6, 6.07) is 3.91. The molecule has 58 valence electrons. The standard InChI is InChI=1S/C7H5ClFNO/c8-6-4(7(10)11)2-1-3-5(6)9/h1-3H,(H2,10,11). The fraction of sp³-hybridized carbons (Fsp3) is 0. The Balaban J connectivity index is 3.27. The van der Waals surface area contributed by atoms with Gasteiger partial charge in [-0.3, -0.25) is 4.79 Å². The molecule has 0 fully saturated rings. The number of amides is 1. The van der Waals surface area contributed by atoms with Crippen molar-refractivity contribution in [2.24, 2.45) is 5.73 Å². The Labute approximate surface area is 67.8 Å². The molecule has 2 N–H and O–H groups in total. The van der Waals surface area contributed by atoms with E-state index in [0.717, 1.165) is 6.07 Å². The van der Waals surface area contributed by atoms with Crippen molar-refractivity contribution < 1.29 is 9.18 Å². The van der Waals surface area contributed by atoms with Gasteiger partial charge >= 0.3 is 0 Å². The van der Waals surface area contributed by atoms with Crippen molar-refractivity contribution in [2.75, 3.05) is 0 Å². The van der Waals surface area contributed by atoms with Crippen molar-refractivity contribution in [3.63, 3.8) is 0 Å². The fourth-order valence-electron chi connectivity index (χ4n) is 0.694. The molecule has 0 aliphatic carbocycles. The van der Waals surface area contributed by atoms with Crippen LogP contribution in [0.2, 0.25) is 5.02 Å². The molecule has 0 saturated carbocycles. The molecule has 1 aromatic rings. The normalized spacial score (nSPS) is 9.64. The number of carbonyl (C=O) groups excluding carboxylic acids is 1. The van der Waals surface area contributed by atoms with Crippen molar-refractivity contribution in [1.29, 1.82) is 0 Å². The van der Waals surface area contributed by atoms with Gasteiger partial charge in [-0.2, -0.15) is 0 Å². The van der Waals surface area contributed by atoms with Crippen LogP contribution in [0.25, 0.3) is 0 Å². The number of halogens is 2. The van der Waals surface area contributed by atoms with Gasteiger partial charge in [0.2, 0.25) is 5.91 Å². The van der Waals surface area contributed by atoms with Gasteiger partial charge in [0.15, 0.2) is 0 Å². The number of hydrogen-bond acceptors (Lipinski definition) is 1. The summed E-state index contributed by atoms with van der Waals surface area (Å²) in [6.45, 7) is 0. The van der Waals surface area contributed by atoms with Crippen LogP contribution in [0, 0.1) is 5.82 Å². The topological polar surface area (TPSA) is 43.1 Å². The summed E-state index contributed by atoms with van der Waals surface area (Å²) < 4.78 is 12.6. The van der Waals surface area contributed by atoms with Crippen LogP contribution in [-0.4, -0.2) is 5.91 Å². The number of carbonyl (C=O) groups is 1. The summed E-state index contributed by atoms with van der Waals surface area (Å²) in [7, 11) is 0. The van der Waals surface area contributed by atoms with E-state index < -0.39 is 11.7 Å². The monoisotopic (exact) mass is 173 g/mol. The summed E-state index contributed by atoms with van der Waals surface area (Å²) in [5, 5.41) is -0.222. The Bertz CT molecular complexity index is 300. The van der Waals surface area contributed by atoms with Gasteiger partial charge in [0.05, 0.1) is 10.6 Å². The minimum absolute atomic E-state index is 0.00617. The van der Waals surface area contributed by atoms with Gasteiger partial charge in [-0.15, -0.1) is 0 Å². The number of nitrogens with two attached hydrogens (primary N) is 1. The molecule has 0 heterocycles. The summed E-state index contributed by atoms with van der Waals surface area (Å²) in [5.41, 5.74) is 4.90. The maximum atomic E-state index is 12.6. The summed E-state index contributed by atoms with van der Waals surface area (Å²) in [5.74, 6) is -1.36. The molecular formula is C7H5ClFNO. The lowest BCUT2D eigenvalue weighted by Gasteiger charge is -1.98. The minimum atomic E-state index is -0.727. The van der Waals surface area contributed by atoms with E-state index >= 15 is 0 Å². The van der Waals surface area contributed by atoms with E-state index in [-0.39, 0.29) is 10.6 Å². The number of hydrogen-bond donors (Lipinski definition) is 1. The summed E-state index contributed by atoms with van der Waals surface area (Å²) >= 11 is 5.41. The van der Waals surface area contributed by atoms with Gasteiger partial charge in [-0.05, 0) is 12.1 Å². The molecule has 0 atom stereocenters. The molecule has 0 spiro atoms. The summed E-state index contributed by atoms with van der Waals surface area (Å²) in [4.78, 5) is 10.5. The van der Waals surface area contributed by atoms with E-state index in [0.29, 0.717) is 0 Å². The third-order valence-corrected chi connectivity index (χ3v) is 1.60. The van der Waals surface area contributed by atoms with Crippen LogP contribution in [0.1, 0.15) is 10.4 Å². The van der Waals surface area contributed by atoms with Crippen LogP contribution >= 0.6 is 11.6 Å². The lowest BCUT2D eigenvalue weighted by Crippen LogP contribution is -2.11. The molecule has 0 saturated heterocycles. The van der Waals surface area contributed by atoms with Crippen LogP contribution in [-0.2, 0) is 0 Å². The van der Waals surface area contributed by atoms with Crippen LogP contribution in [0.5, 0.6) is 0 Å². The Morgan fingerprint density at radius 1 is 1.55 bits per heavy atom. The first-order valence-corrected chi connectivity index (χ1v) is 3.24. The highest BCUT2D eigenvalue weighted by Crippen LogP contribution is 2.18. The van der Waals surface area contributed by atoms with Gasteiger partial charge in [0.1, 0.15) is 5.82 Å². The zero-order chi connectivity index (χ0) is 8.43. The first kappa shape index (κ1) is 8.01. The Morgan fingerprint density at radius 2 is 2.18 bits per heavy atom. The maximum absolute atomic E-state index is 12.6. The number of rotatable bonds is 1. The molecule has 0 aromatic heterocycles. The minimum Gasteiger partial charge on any atom is -0.366 e. The van der Waals surface area contributed by atoms with Crippen LogP contribution in [0.3, 0.4) is 0 Å². The van der Waals surface area contributed by atoms with E-state index in [1.54, 1.807) is 0 Å². The predicted molar refractivity (Wildman–Crippen MR) is 39.9 cm³/mol. The molecule has 0 unspecified atom stereocenters. The third kappa shape index (κ3) is 1.49. The average molecular weight is 174 g/mol. The molecule has 0 radical (unpaired) electrons. The smallest absolute Gasteiger partial charge is 0.250 e. The van der Waals surface area contributed by atoms with E-state index in [4.69, 9.17) is 17.3 Å². The third-order valence-electron chi connectivity index (χ3n) is 1.22. The van der Waals surface area contributed by atoms with Crippen LogP contribution < -0.4 is 5.73 Å². The second-order valence-electron chi connectivity index (χ2n) is 1.97. The van der Waals surface area contributed by atoms with E-state index in [1.165, 1.54) is 12.1 Å². The molecule has 0 aliphatic rings. The van der Waals surface area contributed by atoms with Crippen molar-refractivity contribution in [2.45, 2.75) is 0 Å². The van der Waals surface area contributed by atoms with E-state index in [2.05, 4.69) is 0 Å². The second-order valence-corrected chi connectivity index (χ2v) is 2.34. The highest BCUT2D eigenvalue weighted by Gasteiger charge is 2.08. The quantitative estimate of drug-likeness (QED) is 0.689. The largest absolute Gasteiger partial charge is 0.366 e. The Hall–Kier alpha value is -1.09. The first-order chi connectivity index (χ1) is 5.13. The highest BCUT2D eigenvalue weighted by molar-refractivity contribution is 6.33. The van der Waals surface area contributed by atoms with Crippen LogP contribution in [0.4, 0.5) is 4.39 Å². The van der Waals surface area contributed by atoms with Gasteiger partial charge in [0.25, 0.3) is 0 Å². The molecule has 11 heavy (non-hydrogen) atoms. The van der Waals surface area contributed by atoms with E-state index in [1.807, 2.05) is 0 Å². The Kier molecular flexibility index (Phi) is 2.10. The molecule has 1 amide bonds. The lowest BCUT2D eigenvalue weighted by atomic mass is 10.2. The Morgan fingerprint density at radius 3 is 2.64 bits per heavy atom. The van der Waals surface area contributed by atoms with Gasteiger partial charge in [-0.25, -0.2) is 4.39 Å². The lowest BCUT2D eigenvalue weighted by molar-refractivity contribution is 0.1000. The predicted octanol–water partition coefficient (Wildman–Crippen LogP) is 1.58. The molecule has 0 aliphatic heterocycles. The van der Waals surface area contributed by atoms with Crippen molar-refractivity contribution in [1.82, 2.24) is 0 Å². The highest BCUT2D eigenvalue weighted by atomic mass is 35.5. The molecular weight excluding hydrogens is 169 g/mol. The van der Waals surface area contributed by atoms with Crippen molar-refractivity contribution in [3.8, 4) is 0 Å². The maximum Gasteiger partial charge on any atom is 0.250 e. The van der Waals surface area contributed by atoms with Gasteiger partial charge in [-0.1, -0.05) is 17.7 Å². The zero-order valence-corrected chi connectivity index (χ0v) is 6.23. The second kappa shape index (κ2) is 2.88. The van der Waals surface area contributed by atoms with Crippen molar-refractivity contribution >= 4 is 17.5 Å². The molecule has 1 rings (SSSR count). The SMILES string of the molecule is NC(=O)c1cccc(F)c1Cl. The average Bonchev–Trinajstić information content (AvgIpc) is 1.94. The van der Waals surface area contributed by atoms with E-state index in [9.17, 15) is 9.18 Å². The molecule has 4 heteroatoms. The zero-order valence-electron chi connectivity index (χ0n) is 5.47. The summed E-state index contributed by atoms with van der Waals surface area (Å²) in [6.07, 6.45) is 0. The van der Waals surface area contributed by atoms with Crippen LogP contribution in [0.15, 0.2) is 18.2 Å². The number of primary amides is 1.